The monoisotopic (exact) mass is 527 g/mol. The third kappa shape index (κ3) is 3.80. The maximum atomic E-state index is 4.97. The van der Waals surface area contributed by atoms with Crippen molar-refractivity contribution in [3.05, 3.63) is 70.9 Å². The molecule has 0 aliphatic carbocycles. The van der Waals surface area contributed by atoms with Gasteiger partial charge in [0.25, 0.3) is 0 Å². The minimum Gasteiger partial charge on any atom is -0.0395 e. The van der Waals surface area contributed by atoms with Crippen LogP contribution in [-0.2, 0) is 5.41 Å². The van der Waals surface area contributed by atoms with E-state index >= 15 is 0 Å². The number of pyridine rings is 1. The molecular weight excluding hydrogens is 491 g/mol. The van der Waals surface area contributed by atoms with Crippen LogP contribution in [0.4, 0.5) is 0 Å². The fourth-order valence-electron chi connectivity index (χ4n) is 5.31. The number of rotatable bonds is 2. The first-order chi connectivity index (χ1) is 15.9. The van der Waals surface area contributed by atoms with Crippen LogP contribution in [0, 0.1) is 20.8 Å². The van der Waals surface area contributed by atoms with Crippen molar-refractivity contribution in [1.82, 2.24) is 4.98 Å². The van der Waals surface area contributed by atoms with Crippen molar-refractivity contribution in [2.24, 2.45) is 0 Å². The molecule has 0 N–H and O–H groups in total. The van der Waals surface area contributed by atoms with E-state index in [1.54, 1.807) is 4.40 Å². The van der Waals surface area contributed by atoms with Crippen LogP contribution in [0.3, 0.4) is 0 Å². The second-order valence-electron chi connectivity index (χ2n) is 11.9. The topological polar surface area (TPSA) is 12.9 Å². The van der Waals surface area contributed by atoms with Crippen LogP contribution in [-0.4, -0.2) is 18.3 Å². The van der Waals surface area contributed by atoms with Gasteiger partial charge in [-0.1, -0.05) is 0 Å². The Kier molecular flexibility index (Phi) is 5.50. The van der Waals surface area contributed by atoms with E-state index in [1.807, 2.05) is 17.5 Å². The predicted molar refractivity (Wildman–Crippen MR) is 156 cm³/mol. The van der Waals surface area contributed by atoms with Crippen LogP contribution in [0.1, 0.15) is 43.0 Å². The van der Waals surface area contributed by atoms with E-state index < -0.39 is 13.3 Å². The van der Waals surface area contributed by atoms with Gasteiger partial charge < -0.3 is 0 Å². The summed E-state index contributed by atoms with van der Waals surface area (Å²) in [5.74, 6) is 7.46. The van der Waals surface area contributed by atoms with Crippen LogP contribution in [0.5, 0.6) is 0 Å². The molecule has 3 aromatic carbocycles. The summed E-state index contributed by atoms with van der Waals surface area (Å²) in [6.07, 6.45) is 2.00. The summed E-state index contributed by atoms with van der Waals surface area (Å²) in [6, 6.07) is 16.4. The second kappa shape index (κ2) is 7.93. The molecule has 0 atom stereocenters. The van der Waals surface area contributed by atoms with E-state index in [1.165, 1.54) is 58.8 Å². The number of nitrogens with zero attached hydrogens (tertiary/aromatic N) is 1. The molecule has 0 fully saturated rings. The Morgan fingerprint density at radius 1 is 0.765 bits per heavy atom. The summed E-state index contributed by atoms with van der Waals surface area (Å²) in [5, 5.41) is 5.38. The molecule has 0 unspecified atom stereocenters. The van der Waals surface area contributed by atoms with Crippen molar-refractivity contribution in [2.75, 3.05) is 0 Å². The normalized spacial score (nSPS) is 12.9. The van der Waals surface area contributed by atoms with Crippen molar-refractivity contribution in [1.29, 1.82) is 0 Å². The molecule has 0 aliphatic rings. The Morgan fingerprint density at radius 2 is 1.44 bits per heavy atom. The summed E-state index contributed by atoms with van der Waals surface area (Å²) < 4.78 is 4.35. The van der Waals surface area contributed by atoms with Gasteiger partial charge in [-0.2, -0.15) is 0 Å². The number of benzene rings is 3. The SMILES string of the molecule is Cc1cc2cc(-c3nccc4c3sc3c(C)[c]([Ge]([CH3])([CH3])[CH3])ccc34)cc(C(C)(C)C)c2cc1C. The fraction of sp³-hybridized carbons (Fsp3) is 0.323. The van der Waals surface area contributed by atoms with Crippen LogP contribution in [0.15, 0.2) is 48.7 Å². The van der Waals surface area contributed by atoms with Gasteiger partial charge >= 0.3 is 204 Å². The zero-order chi connectivity index (χ0) is 24.6. The van der Waals surface area contributed by atoms with Crippen LogP contribution in [0.2, 0.25) is 17.3 Å². The smallest absolute Gasteiger partial charge is 0.0395 e. The van der Waals surface area contributed by atoms with Gasteiger partial charge in [-0.15, -0.1) is 0 Å². The molecule has 0 amide bonds. The Labute approximate surface area is 210 Å². The molecule has 2 heterocycles. The number of aryl methyl sites for hydroxylation is 3. The summed E-state index contributed by atoms with van der Waals surface area (Å²) in [4.78, 5) is 4.97. The van der Waals surface area contributed by atoms with Gasteiger partial charge in [0.15, 0.2) is 0 Å². The first kappa shape index (κ1) is 23.6. The molecule has 174 valence electrons. The Hall–Kier alpha value is -2.17. The van der Waals surface area contributed by atoms with Crippen molar-refractivity contribution >= 4 is 59.9 Å². The van der Waals surface area contributed by atoms with E-state index in [2.05, 4.69) is 101 Å². The average molecular weight is 526 g/mol. The molecular formula is C31H35GeNS. The molecule has 0 saturated heterocycles. The van der Waals surface area contributed by atoms with Crippen molar-refractivity contribution in [2.45, 2.75) is 64.2 Å². The van der Waals surface area contributed by atoms with Gasteiger partial charge in [-0.05, 0) is 6.92 Å². The minimum absolute atomic E-state index is 0.0501. The molecule has 0 saturated carbocycles. The zero-order valence-electron chi connectivity index (χ0n) is 22.0. The van der Waals surface area contributed by atoms with Crippen LogP contribution < -0.4 is 4.40 Å². The quantitative estimate of drug-likeness (QED) is 0.209. The Balaban J connectivity index is 1.84. The number of hydrogen-bond acceptors (Lipinski definition) is 2. The van der Waals surface area contributed by atoms with Crippen molar-refractivity contribution in [3.63, 3.8) is 0 Å². The minimum atomic E-state index is -1.94. The Morgan fingerprint density at radius 3 is 2.12 bits per heavy atom. The zero-order valence-corrected chi connectivity index (χ0v) is 24.9. The molecule has 0 radical (unpaired) electrons. The van der Waals surface area contributed by atoms with E-state index in [4.69, 9.17) is 4.98 Å². The number of fused-ring (bicyclic) bond motifs is 4. The Bertz CT molecular complexity index is 1590. The average Bonchev–Trinajstić information content (AvgIpc) is 3.12. The summed E-state index contributed by atoms with van der Waals surface area (Å²) >= 11 is -0.00328. The van der Waals surface area contributed by atoms with E-state index in [-0.39, 0.29) is 5.41 Å². The van der Waals surface area contributed by atoms with Gasteiger partial charge in [0.2, 0.25) is 0 Å². The molecule has 2 aromatic heterocycles. The standard InChI is InChI=1S/C31H35GeNS/c1-18-14-21-16-22(17-26(31(4,5)6)25(21)15-19(18)2)28-30-24(12-13-33-28)23-10-11-27(32(7,8)9)20(3)29(23)34-30/h10-17H,1-9H3. The molecule has 5 aromatic rings. The number of hydrogen-bond donors (Lipinski definition) is 0. The fourth-order valence-corrected chi connectivity index (χ4v) is 10.7. The van der Waals surface area contributed by atoms with E-state index in [0.29, 0.717) is 0 Å². The van der Waals surface area contributed by atoms with Crippen LogP contribution >= 0.6 is 11.3 Å². The first-order valence-electron chi connectivity index (χ1n) is 12.2. The first-order valence-corrected chi connectivity index (χ1v) is 20.4. The molecule has 0 spiro atoms. The molecule has 0 bridgehead atoms. The van der Waals surface area contributed by atoms with E-state index in [0.717, 1.165) is 5.69 Å². The predicted octanol–water partition coefficient (Wildman–Crippen LogP) is 9.04. The summed E-state index contributed by atoms with van der Waals surface area (Å²) in [5.41, 5.74) is 7.96. The molecule has 5 rings (SSSR count). The number of aromatic nitrogens is 1. The molecule has 0 aliphatic heterocycles. The summed E-state index contributed by atoms with van der Waals surface area (Å²) in [6.45, 7) is 13.7. The molecule has 34 heavy (non-hydrogen) atoms. The van der Waals surface area contributed by atoms with E-state index in [9.17, 15) is 0 Å². The van der Waals surface area contributed by atoms with Crippen LogP contribution in [0.25, 0.3) is 42.2 Å². The summed E-state index contributed by atoms with van der Waals surface area (Å²) in [7, 11) is 0. The number of thiophene rings is 1. The van der Waals surface area contributed by atoms with Crippen molar-refractivity contribution < 1.29 is 0 Å². The third-order valence-electron chi connectivity index (χ3n) is 7.26. The van der Waals surface area contributed by atoms with Crippen molar-refractivity contribution in [3.8, 4) is 11.3 Å². The van der Waals surface area contributed by atoms with Gasteiger partial charge in [0.05, 0.1) is 0 Å². The van der Waals surface area contributed by atoms with Gasteiger partial charge in [0, 0.05) is 0 Å². The third-order valence-corrected chi connectivity index (χ3v) is 13.1. The second-order valence-corrected chi connectivity index (χ2v) is 23.5. The molecule has 3 heteroatoms. The van der Waals surface area contributed by atoms with Gasteiger partial charge in [-0.3, -0.25) is 0 Å². The van der Waals surface area contributed by atoms with Gasteiger partial charge in [-0.25, -0.2) is 0 Å². The maximum absolute atomic E-state index is 4.97. The van der Waals surface area contributed by atoms with Gasteiger partial charge in [0.1, 0.15) is 0 Å². The molecule has 1 nitrogen and oxygen atoms in total.